The van der Waals surface area contributed by atoms with Crippen LogP contribution in [0, 0.1) is 0 Å². The summed E-state index contributed by atoms with van der Waals surface area (Å²) in [4.78, 5) is 28.4. The number of carbonyl (C=O) groups is 1. The van der Waals surface area contributed by atoms with Crippen LogP contribution in [0.4, 0.5) is 0 Å². The average molecular weight is 477 g/mol. The predicted octanol–water partition coefficient (Wildman–Crippen LogP) is 3.46. The Hall–Kier alpha value is -1.81. The Balaban J connectivity index is 0.00000385. The summed E-state index contributed by atoms with van der Waals surface area (Å²) in [5.74, 6) is 0.440. The number of carboxylic acid groups (broad SMARTS) is 1. The van der Waals surface area contributed by atoms with Crippen molar-refractivity contribution in [1.82, 2.24) is 9.55 Å². The number of aryl methyl sites for hydroxylation is 1. The van der Waals surface area contributed by atoms with Gasteiger partial charge in [0.15, 0.2) is 0 Å². The third-order valence-corrected chi connectivity index (χ3v) is 5.04. The number of ether oxygens (including phenoxy) is 2. The Bertz CT molecular complexity index is 1080. The Morgan fingerprint density at radius 1 is 1.09 bits per heavy atom. The van der Waals surface area contributed by atoms with E-state index in [-0.39, 0.29) is 63.4 Å². The zero-order chi connectivity index (χ0) is 22.9. The van der Waals surface area contributed by atoms with Gasteiger partial charge in [0.25, 0.3) is 5.56 Å². The van der Waals surface area contributed by atoms with E-state index in [9.17, 15) is 9.59 Å². The zero-order valence-corrected chi connectivity index (χ0v) is 18.4. The molecule has 2 aromatic carbocycles. The molecular weight excluding hydrogens is 447 g/mol. The molecule has 0 fully saturated rings. The topological polar surface area (TPSA) is 90.7 Å². The van der Waals surface area contributed by atoms with Crippen LogP contribution in [0.2, 0.25) is 0 Å². The molecule has 0 amide bonds. The molecule has 1 heterocycles. The number of carboxylic acids is 1. The summed E-state index contributed by atoms with van der Waals surface area (Å²) >= 11 is 0. The number of aromatic nitrogens is 2. The average Bonchev–Trinajstić information content (AvgIpc) is 2.80. The minimum absolute atomic E-state index is 0. The third kappa shape index (κ3) is 7.87. The molecule has 1 aromatic heterocycles. The summed E-state index contributed by atoms with van der Waals surface area (Å²) in [6, 6.07) is 18.4. The minimum atomic E-state index is -0.909. The molecule has 3 rings (SSSR count). The van der Waals surface area contributed by atoms with Crippen LogP contribution in [0.3, 0.4) is 0 Å². The van der Waals surface area contributed by atoms with Gasteiger partial charge in [-0.3, -0.25) is 14.2 Å². The fourth-order valence-electron chi connectivity index (χ4n) is 3.49. The van der Waals surface area contributed by atoms with Crippen LogP contribution in [0.5, 0.6) is 5.75 Å². The second-order valence-electron chi connectivity index (χ2n) is 7.23. The van der Waals surface area contributed by atoms with E-state index >= 15 is 0 Å². The fourth-order valence-corrected chi connectivity index (χ4v) is 3.49. The number of benzene rings is 2. The molecule has 8 heteroatoms. The van der Waals surface area contributed by atoms with E-state index in [1.807, 2.05) is 44.2 Å². The van der Waals surface area contributed by atoms with Crippen LogP contribution in [-0.2, 0) is 22.5 Å². The standard InChI is InChI=1S/C25H28N2O5.K.H/c1-3-23-26-21(18-8-6-5-7-9-18)16-24(28)27(23)14-15-32-20-12-10-19(11-13-20)22(31-4-2)17-25(29)30;;/h5-13,16,22H,3-4,14-15,17H2,1-2H3,(H,29,30);;. The molecule has 33 heavy (non-hydrogen) atoms. The van der Waals surface area contributed by atoms with Gasteiger partial charge in [-0.25, -0.2) is 4.98 Å². The Morgan fingerprint density at radius 2 is 1.79 bits per heavy atom. The van der Waals surface area contributed by atoms with Gasteiger partial charge < -0.3 is 14.6 Å². The van der Waals surface area contributed by atoms with Crippen molar-refractivity contribution in [3.8, 4) is 17.0 Å². The van der Waals surface area contributed by atoms with Gasteiger partial charge in [-0.2, -0.15) is 0 Å². The van der Waals surface area contributed by atoms with Crippen LogP contribution in [0.25, 0.3) is 11.3 Å². The van der Waals surface area contributed by atoms with Crippen molar-refractivity contribution in [1.29, 1.82) is 0 Å². The summed E-state index contributed by atoms with van der Waals surface area (Å²) in [6.45, 7) is 4.93. The quantitative estimate of drug-likeness (QED) is 0.426. The summed E-state index contributed by atoms with van der Waals surface area (Å²) in [6.07, 6.45) is 0.0434. The van der Waals surface area contributed by atoms with Gasteiger partial charge in [-0.05, 0) is 24.6 Å². The van der Waals surface area contributed by atoms with Gasteiger partial charge in [0.05, 0.1) is 24.8 Å². The first kappa shape index (κ1) is 27.4. The fraction of sp³-hybridized carbons (Fsp3) is 0.320. The normalized spacial score (nSPS) is 11.5. The summed E-state index contributed by atoms with van der Waals surface area (Å²) in [5.41, 5.74) is 2.26. The zero-order valence-electron chi connectivity index (χ0n) is 18.4. The number of rotatable bonds is 11. The molecule has 7 nitrogen and oxygen atoms in total. The van der Waals surface area contributed by atoms with Crippen LogP contribution in [0.15, 0.2) is 65.5 Å². The molecule has 1 N–H and O–H groups in total. The van der Waals surface area contributed by atoms with Gasteiger partial charge in [0.2, 0.25) is 0 Å². The van der Waals surface area contributed by atoms with Crippen molar-refractivity contribution in [3.63, 3.8) is 0 Å². The van der Waals surface area contributed by atoms with Crippen LogP contribution in [0.1, 0.15) is 37.8 Å². The summed E-state index contributed by atoms with van der Waals surface area (Å²) in [7, 11) is 0. The van der Waals surface area contributed by atoms with Gasteiger partial charge in [-0.15, -0.1) is 0 Å². The van der Waals surface area contributed by atoms with Crippen LogP contribution in [-0.4, -0.2) is 85.2 Å². The SMILES string of the molecule is CCOC(CC(=O)O)c1ccc(OCCn2c(CC)nc(-c3ccccc3)cc2=O)cc1.[KH]. The Labute approximate surface area is 236 Å². The van der Waals surface area contributed by atoms with Crippen LogP contribution >= 0.6 is 0 Å². The van der Waals surface area contributed by atoms with Crippen molar-refractivity contribution < 1.29 is 19.4 Å². The monoisotopic (exact) mass is 476 g/mol. The summed E-state index contributed by atoms with van der Waals surface area (Å²) < 4.78 is 13.0. The Kier molecular flexibility index (Phi) is 11.5. The molecule has 1 atom stereocenters. The van der Waals surface area contributed by atoms with Gasteiger partial charge in [0.1, 0.15) is 18.2 Å². The van der Waals surface area contributed by atoms with E-state index in [2.05, 4.69) is 4.98 Å². The first-order valence-electron chi connectivity index (χ1n) is 10.7. The number of hydrogen-bond donors (Lipinski definition) is 1. The van der Waals surface area contributed by atoms with Crippen molar-refractivity contribution in [3.05, 3.63) is 82.4 Å². The molecule has 170 valence electrons. The summed E-state index contributed by atoms with van der Waals surface area (Å²) in [5, 5.41) is 9.06. The Morgan fingerprint density at radius 3 is 2.39 bits per heavy atom. The van der Waals surface area contributed by atoms with Gasteiger partial charge in [0, 0.05) is 24.7 Å². The molecule has 0 aliphatic carbocycles. The van der Waals surface area contributed by atoms with Gasteiger partial charge in [-0.1, -0.05) is 49.4 Å². The number of nitrogens with zero attached hydrogens (tertiary/aromatic N) is 2. The van der Waals surface area contributed by atoms with E-state index in [4.69, 9.17) is 14.6 Å². The first-order chi connectivity index (χ1) is 15.5. The molecular formula is C25H29KN2O5. The van der Waals surface area contributed by atoms with Crippen molar-refractivity contribution in [2.75, 3.05) is 13.2 Å². The molecule has 0 saturated carbocycles. The second kappa shape index (κ2) is 13.8. The maximum absolute atomic E-state index is 12.7. The molecule has 0 radical (unpaired) electrons. The molecule has 3 aromatic rings. The van der Waals surface area contributed by atoms with E-state index in [0.717, 1.165) is 11.1 Å². The van der Waals surface area contributed by atoms with E-state index in [1.165, 1.54) is 0 Å². The van der Waals surface area contributed by atoms with E-state index in [1.54, 1.807) is 34.9 Å². The van der Waals surface area contributed by atoms with E-state index < -0.39 is 12.1 Å². The molecule has 0 bridgehead atoms. The van der Waals surface area contributed by atoms with Gasteiger partial charge >= 0.3 is 57.4 Å². The predicted molar refractivity (Wildman–Crippen MR) is 129 cm³/mol. The molecule has 0 aliphatic heterocycles. The maximum atomic E-state index is 12.7. The molecule has 1 unspecified atom stereocenters. The molecule has 0 spiro atoms. The van der Waals surface area contributed by atoms with Crippen molar-refractivity contribution >= 4 is 57.4 Å². The van der Waals surface area contributed by atoms with Crippen LogP contribution < -0.4 is 10.3 Å². The van der Waals surface area contributed by atoms with Crippen molar-refractivity contribution in [2.45, 2.75) is 39.3 Å². The molecule has 0 aliphatic rings. The third-order valence-electron chi connectivity index (χ3n) is 5.04. The first-order valence-corrected chi connectivity index (χ1v) is 10.7. The molecule has 0 saturated heterocycles. The van der Waals surface area contributed by atoms with Crippen molar-refractivity contribution in [2.24, 2.45) is 0 Å². The number of hydrogen-bond acceptors (Lipinski definition) is 5. The number of aliphatic carboxylic acids is 1. The second-order valence-corrected chi connectivity index (χ2v) is 7.23. The van der Waals surface area contributed by atoms with E-state index in [0.29, 0.717) is 43.4 Å².